The largest absolute Gasteiger partial charge is 0.490 e. The molecule has 4 heteroatoms. The normalized spacial score (nSPS) is 28.8. The van der Waals surface area contributed by atoms with E-state index in [1.807, 2.05) is 0 Å². The van der Waals surface area contributed by atoms with Gasteiger partial charge in [-0.1, -0.05) is 6.08 Å². The summed E-state index contributed by atoms with van der Waals surface area (Å²) < 4.78 is 17.5. The number of hydrogen-bond acceptors (Lipinski definition) is 3. The van der Waals surface area contributed by atoms with Gasteiger partial charge in [-0.25, -0.2) is 0 Å². The quantitative estimate of drug-likeness (QED) is 0.640. The highest BCUT2D eigenvalue weighted by molar-refractivity contribution is 6.54. The summed E-state index contributed by atoms with van der Waals surface area (Å²) in [5, 5.41) is 0. The van der Waals surface area contributed by atoms with Crippen molar-refractivity contribution in [3.8, 4) is 0 Å². The van der Waals surface area contributed by atoms with Crippen LogP contribution in [0.5, 0.6) is 0 Å². The summed E-state index contributed by atoms with van der Waals surface area (Å²) in [6.07, 6.45) is 4.07. The zero-order chi connectivity index (χ0) is 11.8. The molecule has 0 N–H and O–H groups in total. The van der Waals surface area contributed by atoms with Crippen LogP contribution in [0.2, 0.25) is 0 Å². The maximum atomic E-state index is 6.01. The van der Waals surface area contributed by atoms with Crippen molar-refractivity contribution in [2.24, 2.45) is 0 Å². The Balaban J connectivity index is 2.10. The van der Waals surface area contributed by atoms with E-state index in [4.69, 9.17) is 14.0 Å². The Bertz CT molecular complexity index is 281. The van der Waals surface area contributed by atoms with E-state index in [-0.39, 0.29) is 18.3 Å². The van der Waals surface area contributed by atoms with Crippen LogP contribution in [0.25, 0.3) is 0 Å². The van der Waals surface area contributed by atoms with Crippen molar-refractivity contribution in [3.63, 3.8) is 0 Å². The van der Waals surface area contributed by atoms with Gasteiger partial charge in [-0.2, -0.15) is 0 Å². The molecule has 0 saturated carbocycles. The molecule has 1 fully saturated rings. The van der Waals surface area contributed by atoms with Crippen LogP contribution in [0.15, 0.2) is 11.5 Å². The van der Waals surface area contributed by atoms with Crippen molar-refractivity contribution >= 4 is 7.12 Å². The van der Waals surface area contributed by atoms with Gasteiger partial charge in [0.2, 0.25) is 0 Å². The molecule has 0 bridgehead atoms. The highest BCUT2D eigenvalue weighted by Crippen LogP contribution is 2.39. The Morgan fingerprint density at radius 1 is 1.06 bits per heavy atom. The Hall–Kier alpha value is -0.315. The van der Waals surface area contributed by atoms with Gasteiger partial charge in [0.05, 0.1) is 11.2 Å². The van der Waals surface area contributed by atoms with Crippen LogP contribution in [-0.4, -0.2) is 31.5 Å². The van der Waals surface area contributed by atoms with E-state index < -0.39 is 0 Å². The van der Waals surface area contributed by atoms with Crippen LogP contribution in [0.4, 0.5) is 0 Å². The maximum Gasteiger partial charge on any atom is 0.490 e. The fourth-order valence-corrected chi connectivity index (χ4v) is 1.93. The molecule has 0 spiro atoms. The maximum absolute atomic E-state index is 6.01. The van der Waals surface area contributed by atoms with Crippen molar-refractivity contribution < 1.29 is 14.0 Å². The first-order chi connectivity index (χ1) is 7.42. The lowest BCUT2D eigenvalue weighted by Gasteiger charge is -2.32. The zero-order valence-corrected chi connectivity index (χ0v) is 10.7. The van der Waals surface area contributed by atoms with Crippen LogP contribution in [0, 0.1) is 0 Å². The van der Waals surface area contributed by atoms with E-state index in [9.17, 15) is 0 Å². The van der Waals surface area contributed by atoms with E-state index in [2.05, 4.69) is 33.8 Å². The molecule has 0 aromatic rings. The minimum Gasteiger partial charge on any atom is -0.400 e. The molecule has 2 aliphatic rings. The molecule has 90 valence electrons. The SMILES string of the molecule is CC1(C)OB(C2=CCCOCC2)OC1(C)C. The molecule has 16 heavy (non-hydrogen) atoms. The topological polar surface area (TPSA) is 27.7 Å². The predicted molar refractivity (Wildman–Crippen MR) is 64.2 cm³/mol. The molecular formula is C12H21BO3. The van der Waals surface area contributed by atoms with Crippen LogP contribution in [0.1, 0.15) is 40.5 Å². The van der Waals surface area contributed by atoms with E-state index >= 15 is 0 Å². The first kappa shape index (κ1) is 12.2. The number of hydrogen-bond donors (Lipinski definition) is 0. The summed E-state index contributed by atoms with van der Waals surface area (Å²) in [4.78, 5) is 0. The number of rotatable bonds is 1. The monoisotopic (exact) mass is 224 g/mol. The third-order valence-electron chi connectivity index (χ3n) is 3.76. The average molecular weight is 224 g/mol. The molecule has 0 unspecified atom stereocenters. The van der Waals surface area contributed by atoms with Crippen molar-refractivity contribution in [3.05, 3.63) is 11.5 Å². The summed E-state index contributed by atoms with van der Waals surface area (Å²) >= 11 is 0. The van der Waals surface area contributed by atoms with Crippen LogP contribution < -0.4 is 0 Å². The standard InChI is InChI=1S/C12H21BO3/c1-11(2)12(3,4)16-13(15-11)10-6-5-8-14-9-7-10/h6H,5,7-9H2,1-4H3. The second kappa shape index (κ2) is 4.17. The molecule has 0 aliphatic carbocycles. The number of ether oxygens (including phenoxy) is 1. The lowest BCUT2D eigenvalue weighted by Crippen LogP contribution is -2.41. The van der Waals surface area contributed by atoms with E-state index in [0.717, 1.165) is 26.1 Å². The Morgan fingerprint density at radius 2 is 1.69 bits per heavy atom. The zero-order valence-electron chi connectivity index (χ0n) is 10.7. The van der Waals surface area contributed by atoms with Crippen LogP contribution in [-0.2, 0) is 14.0 Å². The molecule has 0 aromatic carbocycles. The van der Waals surface area contributed by atoms with Gasteiger partial charge in [-0.3, -0.25) is 0 Å². The van der Waals surface area contributed by atoms with Crippen LogP contribution >= 0.6 is 0 Å². The molecule has 0 atom stereocenters. The molecule has 2 rings (SSSR count). The lowest BCUT2D eigenvalue weighted by atomic mass is 9.76. The van der Waals surface area contributed by atoms with Gasteiger partial charge in [0, 0.05) is 13.2 Å². The average Bonchev–Trinajstić information content (AvgIpc) is 2.42. The van der Waals surface area contributed by atoms with Gasteiger partial charge in [-0.05, 0) is 46.0 Å². The predicted octanol–water partition coefficient (Wildman–Crippen LogP) is 2.35. The van der Waals surface area contributed by atoms with E-state index in [0.29, 0.717) is 0 Å². The fraction of sp³-hybridized carbons (Fsp3) is 0.833. The summed E-state index contributed by atoms with van der Waals surface area (Å²) in [6.45, 7) is 9.92. The molecule has 2 heterocycles. The van der Waals surface area contributed by atoms with Gasteiger partial charge in [-0.15, -0.1) is 0 Å². The Labute approximate surface area is 98.3 Å². The third kappa shape index (κ3) is 2.19. The van der Waals surface area contributed by atoms with E-state index in [1.165, 1.54) is 5.47 Å². The van der Waals surface area contributed by atoms with Gasteiger partial charge in [0.15, 0.2) is 0 Å². The van der Waals surface area contributed by atoms with Crippen molar-refractivity contribution in [2.75, 3.05) is 13.2 Å². The van der Waals surface area contributed by atoms with Gasteiger partial charge in [0.25, 0.3) is 0 Å². The first-order valence-corrected chi connectivity index (χ1v) is 6.05. The molecule has 3 nitrogen and oxygen atoms in total. The summed E-state index contributed by atoms with van der Waals surface area (Å²) in [5.74, 6) is 0. The Kier molecular flexibility index (Phi) is 3.17. The molecule has 0 radical (unpaired) electrons. The summed E-state index contributed by atoms with van der Waals surface area (Å²) in [6, 6.07) is 0. The highest BCUT2D eigenvalue weighted by Gasteiger charge is 2.52. The van der Waals surface area contributed by atoms with Crippen LogP contribution in [0.3, 0.4) is 0 Å². The highest BCUT2D eigenvalue weighted by atomic mass is 16.7. The van der Waals surface area contributed by atoms with Gasteiger partial charge < -0.3 is 14.0 Å². The second-order valence-corrected chi connectivity index (χ2v) is 5.52. The molecule has 0 amide bonds. The molecule has 1 saturated heterocycles. The Morgan fingerprint density at radius 3 is 2.31 bits per heavy atom. The molecule has 0 aromatic heterocycles. The van der Waals surface area contributed by atoms with Crippen molar-refractivity contribution in [2.45, 2.75) is 51.7 Å². The first-order valence-electron chi connectivity index (χ1n) is 6.05. The van der Waals surface area contributed by atoms with Crippen molar-refractivity contribution in [1.29, 1.82) is 0 Å². The third-order valence-corrected chi connectivity index (χ3v) is 3.76. The van der Waals surface area contributed by atoms with Gasteiger partial charge >= 0.3 is 7.12 Å². The van der Waals surface area contributed by atoms with Crippen molar-refractivity contribution in [1.82, 2.24) is 0 Å². The second-order valence-electron chi connectivity index (χ2n) is 5.52. The molecule has 2 aliphatic heterocycles. The minimum atomic E-state index is -0.244. The summed E-state index contributed by atoms with van der Waals surface area (Å²) in [7, 11) is -0.188. The van der Waals surface area contributed by atoms with E-state index in [1.54, 1.807) is 0 Å². The lowest BCUT2D eigenvalue weighted by molar-refractivity contribution is 0.00578. The van der Waals surface area contributed by atoms with Gasteiger partial charge in [0.1, 0.15) is 0 Å². The minimum absolute atomic E-state index is 0.188. The smallest absolute Gasteiger partial charge is 0.400 e. The fourth-order valence-electron chi connectivity index (χ4n) is 1.93. The summed E-state index contributed by atoms with van der Waals surface area (Å²) in [5.41, 5.74) is 0.744. The molecular weight excluding hydrogens is 203 g/mol.